The average molecular weight is 522 g/mol. The zero-order valence-electron chi connectivity index (χ0n) is 22.8. The molecule has 7 aromatic carbocycles. The van der Waals surface area contributed by atoms with Crippen molar-refractivity contribution < 1.29 is 0 Å². The van der Waals surface area contributed by atoms with E-state index in [0.29, 0.717) is 0 Å². The number of benzene rings is 7. The molecule has 192 valence electrons. The van der Waals surface area contributed by atoms with Gasteiger partial charge in [-0.05, 0) is 85.8 Å². The lowest BCUT2D eigenvalue weighted by Crippen LogP contribution is -1.95. The predicted octanol–water partition coefficient (Wildman–Crippen LogP) is 11.0. The van der Waals surface area contributed by atoms with Gasteiger partial charge in [0.1, 0.15) is 0 Å². The highest BCUT2D eigenvalue weighted by atomic mass is 14.7. The molecule has 0 spiro atoms. The molecule has 8 aromatic rings. The summed E-state index contributed by atoms with van der Waals surface area (Å²) in [5.41, 5.74) is 9.43. The van der Waals surface area contributed by atoms with Gasteiger partial charge in [0.25, 0.3) is 0 Å². The fourth-order valence-electron chi connectivity index (χ4n) is 6.37. The minimum Gasteiger partial charge on any atom is -0.248 e. The third kappa shape index (κ3) is 3.90. The van der Waals surface area contributed by atoms with Crippen LogP contribution in [-0.4, -0.2) is 4.98 Å². The van der Waals surface area contributed by atoms with Crippen LogP contribution in [0.15, 0.2) is 146 Å². The first-order valence-electron chi connectivity index (χ1n) is 14.1. The Hall–Kier alpha value is -5.27. The fourth-order valence-corrected chi connectivity index (χ4v) is 6.37. The van der Waals surface area contributed by atoms with Crippen molar-refractivity contribution in [2.75, 3.05) is 0 Å². The van der Waals surface area contributed by atoms with E-state index in [1.54, 1.807) is 0 Å². The van der Waals surface area contributed by atoms with Crippen molar-refractivity contribution in [3.05, 3.63) is 151 Å². The molecule has 0 saturated carbocycles. The van der Waals surface area contributed by atoms with Gasteiger partial charge in [0.15, 0.2) is 0 Å². The number of hydrogen-bond donors (Lipinski definition) is 0. The third-order valence-corrected chi connectivity index (χ3v) is 8.27. The molecule has 0 saturated heterocycles. The molecule has 0 fully saturated rings. The lowest BCUT2D eigenvalue weighted by Gasteiger charge is -2.20. The Morgan fingerprint density at radius 3 is 1.80 bits per heavy atom. The SMILES string of the molecule is Cc1ccc2c(-c3ccc4ccccc4n3)c3ccccc3c(-c3cc4ccccc4cc3-c3ccccc3)c2c1. The Labute approximate surface area is 239 Å². The second kappa shape index (κ2) is 9.43. The van der Waals surface area contributed by atoms with Crippen molar-refractivity contribution in [2.24, 2.45) is 0 Å². The highest BCUT2D eigenvalue weighted by Crippen LogP contribution is 2.47. The highest BCUT2D eigenvalue weighted by molar-refractivity contribution is 6.23. The molecule has 0 amide bonds. The van der Waals surface area contributed by atoms with Crippen molar-refractivity contribution >= 4 is 43.2 Å². The number of nitrogens with zero attached hydrogens (tertiary/aromatic N) is 1. The van der Waals surface area contributed by atoms with Gasteiger partial charge >= 0.3 is 0 Å². The number of para-hydroxylation sites is 1. The summed E-state index contributed by atoms with van der Waals surface area (Å²) >= 11 is 0. The molecule has 0 unspecified atom stereocenters. The zero-order chi connectivity index (χ0) is 27.3. The molecule has 0 aliphatic rings. The van der Waals surface area contributed by atoms with Crippen molar-refractivity contribution in [1.29, 1.82) is 0 Å². The van der Waals surface area contributed by atoms with E-state index in [2.05, 4.69) is 153 Å². The summed E-state index contributed by atoms with van der Waals surface area (Å²) in [6, 6.07) is 52.6. The molecule has 41 heavy (non-hydrogen) atoms. The van der Waals surface area contributed by atoms with Crippen LogP contribution in [0.2, 0.25) is 0 Å². The zero-order valence-corrected chi connectivity index (χ0v) is 22.8. The van der Waals surface area contributed by atoms with Crippen LogP contribution in [0.5, 0.6) is 0 Å². The number of fused-ring (bicyclic) bond motifs is 4. The Balaban J connectivity index is 1.54. The summed E-state index contributed by atoms with van der Waals surface area (Å²) in [5.74, 6) is 0. The molecule has 0 bridgehead atoms. The van der Waals surface area contributed by atoms with Gasteiger partial charge in [-0.3, -0.25) is 0 Å². The van der Waals surface area contributed by atoms with Gasteiger partial charge in [-0.2, -0.15) is 0 Å². The molecule has 0 N–H and O–H groups in total. The molecule has 1 heteroatoms. The van der Waals surface area contributed by atoms with E-state index in [4.69, 9.17) is 4.98 Å². The highest BCUT2D eigenvalue weighted by Gasteiger charge is 2.20. The molecular weight excluding hydrogens is 494 g/mol. The maximum atomic E-state index is 5.18. The van der Waals surface area contributed by atoms with Gasteiger partial charge in [0, 0.05) is 10.9 Å². The topological polar surface area (TPSA) is 12.9 Å². The third-order valence-electron chi connectivity index (χ3n) is 8.27. The van der Waals surface area contributed by atoms with Gasteiger partial charge in [0.2, 0.25) is 0 Å². The van der Waals surface area contributed by atoms with E-state index < -0.39 is 0 Å². The number of pyridine rings is 1. The van der Waals surface area contributed by atoms with Crippen LogP contribution in [0, 0.1) is 6.92 Å². The first kappa shape index (κ1) is 23.6. The van der Waals surface area contributed by atoms with Crippen LogP contribution in [0.1, 0.15) is 5.56 Å². The summed E-state index contributed by atoms with van der Waals surface area (Å²) in [7, 11) is 0. The maximum absolute atomic E-state index is 5.18. The quantitative estimate of drug-likeness (QED) is 0.211. The number of rotatable bonds is 3. The van der Waals surface area contributed by atoms with Crippen LogP contribution < -0.4 is 0 Å². The number of aryl methyl sites for hydroxylation is 1. The Bertz CT molecular complexity index is 2260. The van der Waals surface area contributed by atoms with E-state index in [-0.39, 0.29) is 0 Å². The lowest BCUT2D eigenvalue weighted by atomic mass is 9.83. The predicted molar refractivity (Wildman–Crippen MR) is 175 cm³/mol. The Morgan fingerprint density at radius 2 is 1.02 bits per heavy atom. The fraction of sp³-hybridized carbons (Fsp3) is 0.0250. The summed E-state index contributed by atoms with van der Waals surface area (Å²) in [4.78, 5) is 5.18. The van der Waals surface area contributed by atoms with E-state index in [0.717, 1.165) is 16.6 Å². The first-order chi connectivity index (χ1) is 20.2. The van der Waals surface area contributed by atoms with Gasteiger partial charge in [0.05, 0.1) is 11.2 Å². The van der Waals surface area contributed by atoms with Crippen LogP contribution in [0.3, 0.4) is 0 Å². The molecule has 0 aliphatic heterocycles. The van der Waals surface area contributed by atoms with Crippen molar-refractivity contribution in [3.63, 3.8) is 0 Å². The standard InChI is InChI=1S/C40H27N/c1-26-19-21-33-35(23-26)39(36-25-30-15-6-5-14-29(30)24-34(36)27-11-3-2-4-12-27)31-16-8-9-17-32(31)40(33)38-22-20-28-13-7-10-18-37(28)41-38/h2-25H,1H3. The number of hydrogen-bond acceptors (Lipinski definition) is 1. The van der Waals surface area contributed by atoms with Crippen LogP contribution in [0.4, 0.5) is 0 Å². The van der Waals surface area contributed by atoms with Gasteiger partial charge < -0.3 is 0 Å². The van der Waals surface area contributed by atoms with E-state index in [1.165, 1.54) is 65.7 Å². The largest absolute Gasteiger partial charge is 0.248 e. The second-order valence-corrected chi connectivity index (χ2v) is 10.8. The molecule has 0 radical (unpaired) electrons. The van der Waals surface area contributed by atoms with Crippen molar-refractivity contribution in [2.45, 2.75) is 6.92 Å². The minimum atomic E-state index is 1.00. The average Bonchev–Trinajstić information content (AvgIpc) is 3.03. The van der Waals surface area contributed by atoms with Crippen LogP contribution in [0.25, 0.3) is 76.7 Å². The maximum Gasteiger partial charge on any atom is 0.0722 e. The van der Waals surface area contributed by atoms with Crippen molar-refractivity contribution in [3.8, 4) is 33.5 Å². The van der Waals surface area contributed by atoms with Gasteiger partial charge in [-0.1, -0.05) is 127 Å². The van der Waals surface area contributed by atoms with E-state index >= 15 is 0 Å². The van der Waals surface area contributed by atoms with Crippen molar-refractivity contribution in [1.82, 2.24) is 4.98 Å². The van der Waals surface area contributed by atoms with Crippen LogP contribution >= 0.6 is 0 Å². The second-order valence-electron chi connectivity index (χ2n) is 10.8. The Kier molecular flexibility index (Phi) is 5.43. The summed E-state index contributed by atoms with van der Waals surface area (Å²) in [6.45, 7) is 2.19. The smallest absolute Gasteiger partial charge is 0.0722 e. The van der Waals surface area contributed by atoms with E-state index in [9.17, 15) is 0 Å². The lowest BCUT2D eigenvalue weighted by molar-refractivity contribution is 1.41. The Morgan fingerprint density at radius 1 is 0.415 bits per heavy atom. The molecule has 1 nitrogen and oxygen atoms in total. The molecule has 0 atom stereocenters. The minimum absolute atomic E-state index is 1.00. The molecule has 8 rings (SSSR count). The molecule has 1 heterocycles. The summed E-state index contributed by atoms with van der Waals surface area (Å²) < 4.78 is 0. The molecule has 1 aromatic heterocycles. The monoisotopic (exact) mass is 521 g/mol. The summed E-state index contributed by atoms with van der Waals surface area (Å²) in [6.07, 6.45) is 0. The van der Waals surface area contributed by atoms with Gasteiger partial charge in [-0.25, -0.2) is 4.98 Å². The normalized spacial score (nSPS) is 11.5. The van der Waals surface area contributed by atoms with Gasteiger partial charge in [-0.15, -0.1) is 0 Å². The van der Waals surface area contributed by atoms with Crippen LogP contribution in [-0.2, 0) is 0 Å². The summed E-state index contributed by atoms with van der Waals surface area (Å²) in [5, 5.41) is 8.57. The molecule has 0 aliphatic carbocycles. The first-order valence-corrected chi connectivity index (χ1v) is 14.1. The number of aromatic nitrogens is 1. The van der Waals surface area contributed by atoms with E-state index in [1.807, 2.05) is 0 Å². The molecular formula is C40H27N.